The summed E-state index contributed by atoms with van der Waals surface area (Å²) in [4.78, 5) is 30.6. The predicted octanol–water partition coefficient (Wildman–Crippen LogP) is 4.53. The van der Waals surface area contributed by atoms with Crippen LogP contribution in [0.5, 0.6) is 0 Å². The molecule has 0 aliphatic carbocycles. The molecule has 6 heteroatoms. The van der Waals surface area contributed by atoms with Gasteiger partial charge in [0, 0.05) is 16.3 Å². The molecular weight excluding hydrogens is 386 g/mol. The van der Waals surface area contributed by atoms with Crippen LogP contribution >= 0.6 is 11.6 Å². The van der Waals surface area contributed by atoms with Gasteiger partial charge in [-0.1, -0.05) is 48.0 Å². The van der Waals surface area contributed by atoms with Crippen LogP contribution in [0.15, 0.2) is 77.6 Å². The first-order valence-electron chi connectivity index (χ1n) is 9.02. The van der Waals surface area contributed by atoms with Gasteiger partial charge in [0.2, 0.25) is 0 Å². The van der Waals surface area contributed by atoms with Gasteiger partial charge in [0.25, 0.3) is 11.5 Å². The molecule has 0 bridgehead atoms. The quantitative estimate of drug-likeness (QED) is 0.503. The summed E-state index contributed by atoms with van der Waals surface area (Å²) in [6.45, 7) is 0. The lowest BCUT2D eigenvalue weighted by Gasteiger charge is -2.12. The van der Waals surface area contributed by atoms with Crippen molar-refractivity contribution in [2.75, 3.05) is 5.32 Å². The minimum absolute atomic E-state index is 0.226. The molecule has 0 unspecified atom stereocenters. The molecule has 0 atom stereocenters. The molecule has 3 aromatic carbocycles. The number of carbonyl (C=O) groups is 1. The Labute approximate surface area is 170 Å². The van der Waals surface area contributed by atoms with Crippen LogP contribution in [0.2, 0.25) is 5.02 Å². The molecule has 1 N–H and O–H groups in total. The number of rotatable bonds is 2. The average molecular weight is 400 g/mol. The van der Waals surface area contributed by atoms with Crippen LogP contribution in [-0.4, -0.2) is 15.5 Å². The summed E-state index contributed by atoms with van der Waals surface area (Å²) in [5.74, 6) is 0.129. The molecule has 1 aliphatic heterocycles. The largest absolute Gasteiger partial charge is 0.321 e. The number of benzene rings is 3. The molecule has 2 heterocycles. The number of halogens is 1. The highest BCUT2D eigenvalue weighted by Gasteiger charge is 2.24. The molecule has 0 radical (unpaired) electrons. The minimum Gasteiger partial charge on any atom is -0.321 e. The molecule has 0 saturated carbocycles. The normalized spacial score (nSPS) is 14.2. The van der Waals surface area contributed by atoms with E-state index in [0.29, 0.717) is 33.0 Å². The molecule has 0 saturated heterocycles. The van der Waals surface area contributed by atoms with Gasteiger partial charge in [-0.3, -0.25) is 14.2 Å². The third kappa shape index (κ3) is 2.92. The predicted molar refractivity (Wildman–Crippen MR) is 115 cm³/mol. The number of amides is 1. The molecule has 0 spiro atoms. The lowest BCUT2D eigenvalue weighted by molar-refractivity contribution is -0.110. The third-order valence-corrected chi connectivity index (χ3v) is 5.09. The highest BCUT2D eigenvalue weighted by molar-refractivity contribution is 6.34. The maximum absolute atomic E-state index is 13.3. The van der Waals surface area contributed by atoms with Gasteiger partial charge in [-0.25, -0.2) is 4.98 Å². The van der Waals surface area contributed by atoms with E-state index in [2.05, 4.69) is 10.3 Å². The van der Waals surface area contributed by atoms with E-state index in [9.17, 15) is 9.59 Å². The number of nitrogens with one attached hydrogen (secondary N) is 1. The topological polar surface area (TPSA) is 64.0 Å². The Morgan fingerprint density at radius 2 is 1.72 bits per heavy atom. The summed E-state index contributed by atoms with van der Waals surface area (Å²) in [6, 6.07) is 21.6. The van der Waals surface area contributed by atoms with Gasteiger partial charge >= 0.3 is 0 Å². The number of hydrogen-bond donors (Lipinski definition) is 1. The van der Waals surface area contributed by atoms with Crippen molar-refractivity contribution in [1.29, 1.82) is 0 Å². The van der Waals surface area contributed by atoms with Crippen molar-refractivity contribution in [2.45, 2.75) is 0 Å². The van der Waals surface area contributed by atoms with E-state index in [1.165, 1.54) is 4.57 Å². The number of nitrogens with zero attached hydrogens (tertiary/aromatic N) is 2. The Balaban J connectivity index is 1.83. The summed E-state index contributed by atoms with van der Waals surface area (Å²) in [5.41, 5.74) is 2.89. The maximum atomic E-state index is 13.3. The number of hydrogen-bond acceptors (Lipinski definition) is 3. The van der Waals surface area contributed by atoms with E-state index in [4.69, 9.17) is 11.6 Å². The number of anilines is 1. The molecule has 5 nitrogen and oxygen atoms in total. The zero-order chi connectivity index (χ0) is 20.0. The van der Waals surface area contributed by atoms with Crippen molar-refractivity contribution in [3.63, 3.8) is 0 Å². The van der Waals surface area contributed by atoms with Crippen molar-refractivity contribution in [3.05, 3.63) is 99.6 Å². The van der Waals surface area contributed by atoms with E-state index in [1.807, 2.05) is 30.3 Å². The van der Waals surface area contributed by atoms with Gasteiger partial charge in [0.15, 0.2) is 0 Å². The summed E-state index contributed by atoms with van der Waals surface area (Å²) in [6.07, 6.45) is 1.65. The van der Waals surface area contributed by atoms with Crippen LogP contribution < -0.4 is 10.9 Å². The van der Waals surface area contributed by atoms with Gasteiger partial charge in [-0.05, 0) is 42.5 Å². The summed E-state index contributed by atoms with van der Waals surface area (Å²) >= 11 is 6.16. The molecular formula is C23H14ClN3O2. The van der Waals surface area contributed by atoms with Gasteiger partial charge in [0.1, 0.15) is 5.82 Å². The standard InChI is InChI=1S/C23H14ClN3O2/c24-14-6-5-7-15(12-14)27-21(25-20-11-4-2-9-17(20)23(27)29)13-18-16-8-1-3-10-19(16)26-22(18)28/h1-13H,(H,26,28)/b18-13-. The minimum atomic E-state index is -0.230. The fraction of sp³-hybridized carbons (Fsp3) is 0. The van der Waals surface area contributed by atoms with Gasteiger partial charge in [-0.2, -0.15) is 0 Å². The summed E-state index contributed by atoms with van der Waals surface area (Å²) in [7, 11) is 0. The first kappa shape index (κ1) is 17.4. The highest BCUT2D eigenvalue weighted by atomic mass is 35.5. The van der Waals surface area contributed by atoms with Crippen LogP contribution in [0.4, 0.5) is 5.69 Å². The second-order valence-corrected chi connectivity index (χ2v) is 7.10. The Morgan fingerprint density at radius 1 is 0.931 bits per heavy atom. The Kier molecular flexibility index (Phi) is 4.03. The summed E-state index contributed by atoms with van der Waals surface area (Å²) < 4.78 is 1.48. The Hall–Kier alpha value is -3.70. The first-order valence-corrected chi connectivity index (χ1v) is 9.40. The smallest absolute Gasteiger partial charge is 0.266 e. The SMILES string of the molecule is O=C1Nc2ccccc2/C1=C/c1nc2ccccc2c(=O)n1-c1cccc(Cl)c1. The highest BCUT2D eigenvalue weighted by Crippen LogP contribution is 2.32. The molecule has 29 heavy (non-hydrogen) atoms. The zero-order valence-electron chi connectivity index (χ0n) is 15.1. The van der Waals surface area contributed by atoms with Crippen LogP contribution in [0.25, 0.3) is 28.2 Å². The zero-order valence-corrected chi connectivity index (χ0v) is 15.9. The second kappa shape index (κ2) is 6.72. The van der Waals surface area contributed by atoms with E-state index in [0.717, 1.165) is 11.3 Å². The second-order valence-electron chi connectivity index (χ2n) is 6.67. The van der Waals surface area contributed by atoms with E-state index in [1.54, 1.807) is 48.5 Å². The van der Waals surface area contributed by atoms with Crippen LogP contribution in [0.3, 0.4) is 0 Å². The molecule has 4 aromatic rings. The van der Waals surface area contributed by atoms with Gasteiger partial charge in [-0.15, -0.1) is 0 Å². The number of aromatic nitrogens is 2. The van der Waals surface area contributed by atoms with E-state index in [-0.39, 0.29) is 11.5 Å². The first-order chi connectivity index (χ1) is 14.1. The number of fused-ring (bicyclic) bond motifs is 2. The number of carbonyl (C=O) groups excluding carboxylic acids is 1. The average Bonchev–Trinajstić information content (AvgIpc) is 3.03. The monoisotopic (exact) mass is 399 g/mol. The maximum Gasteiger partial charge on any atom is 0.266 e. The van der Waals surface area contributed by atoms with Gasteiger partial charge in [0.05, 0.1) is 22.2 Å². The van der Waals surface area contributed by atoms with Crippen LogP contribution in [-0.2, 0) is 4.79 Å². The van der Waals surface area contributed by atoms with Crippen molar-refractivity contribution >= 4 is 45.7 Å². The van der Waals surface area contributed by atoms with Crippen LogP contribution in [0, 0.1) is 0 Å². The molecule has 140 valence electrons. The molecule has 1 aromatic heterocycles. The van der Waals surface area contributed by atoms with Crippen molar-refractivity contribution in [1.82, 2.24) is 9.55 Å². The van der Waals surface area contributed by atoms with Crippen molar-refractivity contribution in [2.24, 2.45) is 0 Å². The molecule has 0 fully saturated rings. The fourth-order valence-electron chi connectivity index (χ4n) is 3.52. The summed E-state index contributed by atoms with van der Waals surface area (Å²) in [5, 5.41) is 3.84. The van der Waals surface area contributed by atoms with E-state index < -0.39 is 0 Å². The fourth-order valence-corrected chi connectivity index (χ4v) is 3.71. The van der Waals surface area contributed by atoms with Gasteiger partial charge < -0.3 is 5.32 Å². The lowest BCUT2D eigenvalue weighted by Crippen LogP contribution is -2.22. The Morgan fingerprint density at radius 3 is 2.59 bits per heavy atom. The number of para-hydroxylation sites is 2. The van der Waals surface area contributed by atoms with Crippen LogP contribution in [0.1, 0.15) is 11.4 Å². The van der Waals surface area contributed by atoms with E-state index >= 15 is 0 Å². The lowest BCUT2D eigenvalue weighted by atomic mass is 10.1. The van der Waals surface area contributed by atoms with Crippen molar-refractivity contribution in [3.8, 4) is 5.69 Å². The third-order valence-electron chi connectivity index (χ3n) is 4.85. The Bertz CT molecular complexity index is 1390. The molecule has 1 aliphatic rings. The molecule has 1 amide bonds. The molecule has 5 rings (SSSR count). The van der Waals surface area contributed by atoms with Crippen molar-refractivity contribution < 1.29 is 4.79 Å².